The largest absolute Gasteiger partial charge is 0.317 e. The van der Waals surface area contributed by atoms with E-state index in [1.165, 1.54) is 16.7 Å². The van der Waals surface area contributed by atoms with E-state index < -0.39 is 10.2 Å². The summed E-state index contributed by atoms with van der Waals surface area (Å²) in [4.78, 5) is 7.77. The Morgan fingerprint density at radius 2 is 2.15 bits per heavy atom. The Kier molecular flexibility index (Phi) is 5.27. The lowest BCUT2D eigenvalue weighted by Gasteiger charge is -2.31. The zero-order valence-corrected chi connectivity index (χ0v) is 12.4. The van der Waals surface area contributed by atoms with E-state index in [0.717, 1.165) is 25.9 Å². The number of nitrogens with one attached hydrogen (secondary N) is 2. The highest BCUT2D eigenvalue weighted by Crippen LogP contribution is 2.19. The fraction of sp³-hybridized carbons (Fsp3) is 0.667. The first-order valence-corrected chi connectivity index (χ1v) is 8.31. The van der Waals surface area contributed by atoms with Gasteiger partial charge in [-0.1, -0.05) is 6.92 Å². The molecule has 0 aliphatic carbocycles. The average molecular weight is 299 g/mol. The van der Waals surface area contributed by atoms with E-state index in [1.54, 1.807) is 6.07 Å². The summed E-state index contributed by atoms with van der Waals surface area (Å²) in [6.45, 7) is 4.88. The van der Waals surface area contributed by atoms with E-state index in [9.17, 15) is 8.42 Å². The molecule has 0 radical (unpaired) electrons. The van der Waals surface area contributed by atoms with Crippen LogP contribution in [-0.4, -0.2) is 48.9 Å². The maximum Gasteiger partial charge on any atom is 0.303 e. The molecule has 2 heterocycles. The number of anilines is 1. The third kappa shape index (κ3) is 4.12. The van der Waals surface area contributed by atoms with Crippen LogP contribution < -0.4 is 10.0 Å². The number of aromatic nitrogens is 2. The van der Waals surface area contributed by atoms with E-state index in [1.807, 2.05) is 6.92 Å². The van der Waals surface area contributed by atoms with Gasteiger partial charge in [0, 0.05) is 25.5 Å². The lowest BCUT2D eigenvalue weighted by atomic mass is 10.00. The normalized spacial score (nSPS) is 20.8. The molecule has 1 atom stereocenters. The first kappa shape index (κ1) is 15.1. The second-order valence-corrected chi connectivity index (χ2v) is 6.52. The molecule has 0 aromatic carbocycles. The van der Waals surface area contributed by atoms with Gasteiger partial charge in [-0.25, -0.2) is 14.7 Å². The number of nitrogens with zero attached hydrogens (tertiary/aromatic N) is 3. The van der Waals surface area contributed by atoms with Crippen molar-refractivity contribution >= 4 is 16.2 Å². The molecule has 1 aliphatic heterocycles. The maximum absolute atomic E-state index is 12.3. The molecule has 7 nitrogen and oxygen atoms in total. The van der Waals surface area contributed by atoms with Gasteiger partial charge in [0.25, 0.3) is 0 Å². The van der Waals surface area contributed by atoms with Crippen molar-refractivity contribution in [2.75, 3.05) is 30.9 Å². The third-order valence-electron chi connectivity index (χ3n) is 3.29. The molecule has 0 amide bonds. The van der Waals surface area contributed by atoms with Crippen LogP contribution in [0, 0.1) is 5.92 Å². The van der Waals surface area contributed by atoms with Gasteiger partial charge in [-0.15, -0.1) is 0 Å². The molecule has 112 valence electrons. The molecule has 0 spiro atoms. The van der Waals surface area contributed by atoms with Crippen LogP contribution in [0.2, 0.25) is 0 Å². The second-order valence-electron chi connectivity index (χ2n) is 4.85. The van der Waals surface area contributed by atoms with Crippen molar-refractivity contribution in [3.63, 3.8) is 0 Å². The minimum atomic E-state index is -3.56. The summed E-state index contributed by atoms with van der Waals surface area (Å²) in [5, 5.41) is 3.27. The maximum atomic E-state index is 12.3. The van der Waals surface area contributed by atoms with Crippen LogP contribution >= 0.6 is 0 Å². The monoisotopic (exact) mass is 299 g/mol. The predicted molar refractivity (Wildman–Crippen MR) is 77.4 cm³/mol. The van der Waals surface area contributed by atoms with Crippen LogP contribution in [-0.2, 0) is 10.2 Å². The van der Waals surface area contributed by atoms with Gasteiger partial charge in [-0.3, -0.25) is 0 Å². The summed E-state index contributed by atoms with van der Waals surface area (Å²) in [6, 6.07) is 1.64. The molecule has 2 rings (SSSR count). The molecule has 0 bridgehead atoms. The second kappa shape index (κ2) is 6.96. The van der Waals surface area contributed by atoms with Gasteiger partial charge in [0.2, 0.25) is 5.95 Å². The Hall–Kier alpha value is -1.25. The third-order valence-corrected chi connectivity index (χ3v) is 4.74. The van der Waals surface area contributed by atoms with Gasteiger partial charge in [0.15, 0.2) is 0 Å². The highest BCUT2D eigenvalue weighted by Gasteiger charge is 2.29. The van der Waals surface area contributed by atoms with Gasteiger partial charge in [0.1, 0.15) is 0 Å². The standard InChI is InChI=1S/C12H21N5O2S/c1-2-13-9-11-5-3-8-17(10-11)20(18,19)16-12-14-6-4-7-15-12/h4,6-7,11,13H,2-3,5,8-10H2,1H3,(H,14,15,16). The molecule has 0 saturated carbocycles. The van der Waals surface area contributed by atoms with Gasteiger partial charge < -0.3 is 5.32 Å². The molecule has 1 unspecified atom stereocenters. The first-order valence-electron chi connectivity index (χ1n) is 6.87. The molecule has 1 aromatic heterocycles. The van der Waals surface area contributed by atoms with Crippen molar-refractivity contribution in [2.45, 2.75) is 19.8 Å². The summed E-state index contributed by atoms with van der Waals surface area (Å²) >= 11 is 0. The molecule has 1 aliphatic rings. The van der Waals surface area contributed by atoms with Gasteiger partial charge in [0.05, 0.1) is 0 Å². The summed E-state index contributed by atoms with van der Waals surface area (Å²) in [6.07, 6.45) is 4.96. The van der Waals surface area contributed by atoms with Crippen LogP contribution in [0.5, 0.6) is 0 Å². The van der Waals surface area contributed by atoms with Crippen molar-refractivity contribution in [2.24, 2.45) is 5.92 Å². The van der Waals surface area contributed by atoms with Gasteiger partial charge >= 0.3 is 10.2 Å². The number of hydrogen-bond acceptors (Lipinski definition) is 5. The fourth-order valence-electron chi connectivity index (χ4n) is 2.29. The van der Waals surface area contributed by atoms with E-state index in [2.05, 4.69) is 20.0 Å². The van der Waals surface area contributed by atoms with Gasteiger partial charge in [-0.2, -0.15) is 12.7 Å². The smallest absolute Gasteiger partial charge is 0.303 e. The van der Waals surface area contributed by atoms with Crippen molar-refractivity contribution in [3.8, 4) is 0 Å². The van der Waals surface area contributed by atoms with E-state index >= 15 is 0 Å². The van der Waals surface area contributed by atoms with Crippen LogP contribution in [0.1, 0.15) is 19.8 Å². The molecule has 8 heteroatoms. The number of piperidine rings is 1. The van der Waals surface area contributed by atoms with Gasteiger partial charge in [-0.05, 0) is 37.9 Å². The Labute approximate surface area is 120 Å². The SMILES string of the molecule is CCNCC1CCCN(S(=O)(=O)Nc2ncccn2)C1. The van der Waals surface area contributed by atoms with E-state index in [-0.39, 0.29) is 5.95 Å². The van der Waals surface area contributed by atoms with Crippen molar-refractivity contribution < 1.29 is 8.42 Å². The lowest BCUT2D eigenvalue weighted by molar-refractivity contribution is 0.262. The summed E-state index contributed by atoms with van der Waals surface area (Å²) in [7, 11) is -3.56. The van der Waals surface area contributed by atoms with Crippen molar-refractivity contribution in [1.82, 2.24) is 19.6 Å². The fourth-order valence-corrected chi connectivity index (χ4v) is 3.53. The van der Waals surface area contributed by atoms with Crippen LogP contribution in [0.25, 0.3) is 0 Å². The molecule has 2 N–H and O–H groups in total. The highest BCUT2D eigenvalue weighted by atomic mass is 32.2. The molecule has 1 aromatic rings. The van der Waals surface area contributed by atoms with Crippen molar-refractivity contribution in [1.29, 1.82) is 0 Å². The average Bonchev–Trinajstić information content (AvgIpc) is 2.46. The zero-order chi connectivity index (χ0) is 14.4. The van der Waals surface area contributed by atoms with Crippen molar-refractivity contribution in [3.05, 3.63) is 18.5 Å². The van der Waals surface area contributed by atoms with Crippen LogP contribution in [0.15, 0.2) is 18.5 Å². The number of rotatable bonds is 6. The first-order chi connectivity index (χ1) is 9.62. The van der Waals surface area contributed by atoms with E-state index in [4.69, 9.17) is 0 Å². The Morgan fingerprint density at radius 3 is 2.85 bits per heavy atom. The highest BCUT2D eigenvalue weighted by molar-refractivity contribution is 7.90. The summed E-state index contributed by atoms with van der Waals surface area (Å²) in [5.41, 5.74) is 0. The van der Waals surface area contributed by atoms with Crippen LogP contribution in [0.4, 0.5) is 5.95 Å². The molecule has 1 fully saturated rings. The minimum Gasteiger partial charge on any atom is -0.317 e. The Morgan fingerprint density at radius 1 is 1.40 bits per heavy atom. The molecule has 20 heavy (non-hydrogen) atoms. The van der Waals surface area contributed by atoms with Crippen LogP contribution in [0.3, 0.4) is 0 Å². The Bertz CT molecular complexity index is 508. The summed E-state index contributed by atoms with van der Waals surface area (Å²) in [5.74, 6) is 0.471. The zero-order valence-electron chi connectivity index (χ0n) is 11.6. The molecule has 1 saturated heterocycles. The molecular weight excluding hydrogens is 278 g/mol. The predicted octanol–water partition coefficient (Wildman–Crippen LogP) is 0.455. The number of hydrogen-bond donors (Lipinski definition) is 2. The quantitative estimate of drug-likeness (QED) is 0.796. The Balaban J connectivity index is 1.98. The topological polar surface area (TPSA) is 87.2 Å². The summed E-state index contributed by atoms with van der Waals surface area (Å²) < 4.78 is 28.5. The lowest BCUT2D eigenvalue weighted by Crippen LogP contribution is -2.45. The molecular formula is C12H21N5O2S. The minimum absolute atomic E-state index is 0.112. The van der Waals surface area contributed by atoms with E-state index in [0.29, 0.717) is 19.0 Å².